The molecule has 17 heavy (non-hydrogen) atoms. The zero-order valence-electron chi connectivity index (χ0n) is 11.9. The van der Waals surface area contributed by atoms with Crippen molar-refractivity contribution in [1.82, 2.24) is 10.2 Å². The van der Waals surface area contributed by atoms with Gasteiger partial charge in [-0.05, 0) is 39.3 Å². The summed E-state index contributed by atoms with van der Waals surface area (Å²) < 4.78 is 5.61. The lowest BCUT2D eigenvalue weighted by Crippen LogP contribution is -2.49. The fraction of sp³-hybridized carbons (Fsp3) is 1.00. The number of likely N-dealkylation sites (tertiary alicyclic amines) is 1. The molecule has 0 aromatic heterocycles. The Hall–Kier alpha value is -0.120. The Labute approximate surface area is 107 Å². The van der Waals surface area contributed by atoms with E-state index in [0.717, 1.165) is 19.6 Å². The van der Waals surface area contributed by atoms with Crippen LogP contribution in [-0.4, -0.2) is 50.3 Å². The Bertz CT molecular complexity index is 199. The molecule has 0 aromatic carbocycles. The quantitative estimate of drug-likeness (QED) is 0.661. The van der Waals surface area contributed by atoms with Crippen molar-refractivity contribution in [3.63, 3.8) is 0 Å². The van der Waals surface area contributed by atoms with Gasteiger partial charge in [-0.1, -0.05) is 19.8 Å². The van der Waals surface area contributed by atoms with Gasteiger partial charge in [-0.15, -0.1) is 0 Å². The van der Waals surface area contributed by atoms with Crippen LogP contribution in [0.3, 0.4) is 0 Å². The highest BCUT2D eigenvalue weighted by molar-refractivity contribution is 4.84. The van der Waals surface area contributed by atoms with Crippen molar-refractivity contribution < 1.29 is 4.74 Å². The molecule has 102 valence electrons. The number of methoxy groups -OCH3 is 1. The first-order valence-corrected chi connectivity index (χ1v) is 7.18. The maximum atomic E-state index is 5.61. The van der Waals surface area contributed by atoms with Crippen LogP contribution < -0.4 is 5.32 Å². The van der Waals surface area contributed by atoms with Crippen LogP contribution in [-0.2, 0) is 4.74 Å². The van der Waals surface area contributed by atoms with Crippen molar-refractivity contribution in [2.75, 3.05) is 39.8 Å². The normalized spacial score (nSPS) is 26.3. The number of hydrogen-bond acceptors (Lipinski definition) is 3. The molecular formula is C14H30N2O. The van der Waals surface area contributed by atoms with Gasteiger partial charge in [0.2, 0.25) is 0 Å². The summed E-state index contributed by atoms with van der Waals surface area (Å²) in [6.07, 6.45) is 6.43. The van der Waals surface area contributed by atoms with Crippen LogP contribution in [0.4, 0.5) is 0 Å². The molecular weight excluding hydrogens is 212 g/mol. The maximum absolute atomic E-state index is 5.61. The summed E-state index contributed by atoms with van der Waals surface area (Å²) in [5.74, 6) is 0. The first-order valence-electron chi connectivity index (χ1n) is 7.18. The van der Waals surface area contributed by atoms with Crippen molar-refractivity contribution in [2.45, 2.75) is 51.6 Å². The second-order valence-electron chi connectivity index (χ2n) is 5.49. The standard InChI is InChI=1S/C14H30N2O/c1-4-5-6-9-15-10-12-16-11-7-8-14(2,13-16)17-3/h15H,4-13H2,1-3H3. The number of nitrogens with zero attached hydrogens (tertiary/aromatic N) is 1. The molecule has 1 unspecified atom stereocenters. The van der Waals surface area contributed by atoms with Gasteiger partial charge in [0.05, 0.1) is 5.60 Å². The van der Waals surface area contributed by atoms with Crippen molar-refractivity contribution in [2.24, 2.45) is 0 Å². The molecule has 1 saturated heterocycles. The van der Waals surface area contributed by atoms with E-state index in [1.54, 1.807) is 0 Å². The van der Waals surface area contributed by atoms with E-state index >= 15 is 0 Å². The second kappa shape index (κ2) is 8.06. The molecule has 0 saturated carbocycles. The number of ether oxygens (including phenoxy) is 1. The third-order valence-corrected chi connectivity index (χ3v) is 3.79. The lowest BCUT2D eigenvalue weighted by Gasteiger charge is -2.39. The molecule has 0 spiro atoms. The van der Waals surface area contributed by atoms with Gasteiger partial charge >= 0.3 is 0 Å². The Morgan fingerprint density at radius 2 is 2.12 bits per heavy atom. The molecule has 1 rings (SSSR count). The zero-order valence-corrected chi connectivity index (χ0v) is 11.9. The summed E-state index contributed by atoms with van der Waals surface area (Å²) in [5, 5.41) is 3.53. The van der Waals surface area contributed by atoms with Gasteiger partial charge < -0.3 is 10.1 Å². The molecule has 3 nitrogen and oxygen atoms in total. The monoisotopic (exact) mass is 242 g/mol. The van der Waals surface area contributed by atoms with Gasteiger partial charge in [0.25, 0.3) is 0 Å². The highest BCUT2D eigenvalue weighted by atomic mass is 16.5. The summed E-state index contributed by atoms with van der Waals surface area (Å²) >= 11 is 0. The van der Waals surface area contributed by atoms with E-state index in [-0.39, 0.29) is 5.60 Å². The third kappa shape index (κ3) is 5.84. The second-order valence-corrected chi connectivity index (χ2v) is 5.49. The number of rotatable bonds is 8. The van der Waals surface area contributed by atoms with Crippen molar-refractivity contribution in [3.8, 4) is 0 Å². The molecule has 1 fully saturated rings. The summed E-state index contributed by atoms with van der Waals surface area (Å²) in [7, 11) is 1.84. The van der Waals surface area contributed by atoms with Crippen LogP contribution in [0, 0.1) is 0 Å². The minimum absolute atomic E-state index is 0.0838. The molecule has 1 N–H and O–H groups in total. The van der Waals surface area contributed by atoms with Crippen molar-refractivity contribution in [1.29, 1.82) is 0 Å². The maximum Gasteiger partial charge on any atom is 0.0777 e. The summed E-state index contributed by atoms with van der Waals surface area (Å²) in [4.78, 5) is 2.53. The van der Waals surface area contributed by atoms with E-state index in [1.807, 2.05) is 7.11 Å². The van der Waals surface area contributed by atoms with Crippen LogP contribution in [0.1, 0.15) is 46.0 Å². The molecule has 3 heteroatoms. The van der Waals surface area contributed by atoms with Gasteiger partial charge in [-0.3, -0.25) is 4.90 Å². The SMILES string of the molecule is CCCCCNCCN1CCCC(C)(OC)C1. The van der Waals surface area contributed by atoms with Crippen molar-refractivity contribution >= 4 is 0 Å². The molecule has 0 aliphatic carbocycles. The minimum atomic E-state index is 0.0838. The molecule has 1 aliphatic heterocycles. The molecule has 0 aromatic rings. The summed E-state index contributed by atoms with van der Waals surface area (Å²) in [5.41, 5.74) is 0.0838. The van der Waals surface area contributed by atoms with E-state index in [9.17, 15) is 0 Å². The van der Waals surface area contributed by atoms with Gasteiger partial charge in [0.15, 0.2) is 0 Å². The van der Waals surface area contributed by atoms with Gasteiger partial charge in [-0.2, -0.15) is 0 Å². The van der Waals surface area contributed by atoms with E-state index < -0.39 is 0 Å². The average Bonchev–Trinajstić information content (AvgIpc) is 2.34. The van der Waals surface area contributed by atoms with Crippen molar-refractivity contribution in [3.05, 3.63) is 0 Å². The predicted octanol–water partition coefficient (Wildman–Crippen LogP) is 2.27. The average molecular weight is 242 g/mol. The first-order chi connectivity index (χ1) is 8.20. The number of nitrogens with one attached hydrogen (secondary N) is 1. The Kier molecular flexibility index (Phi) is 7.09. The fourth-order valence-electron chi connectivity index (χ4n) is 2.53. The molecule has 1 atom stereocenters. The Morgan fingerprint density at radius 3 is 2.82 bits per heavy atom. The number of piperidine rings is 1. The molecule has 0 bridgehead atoms. The van der Waals surface area contributed by atoms with Gasteiger partial charge in [0, 0.05) is 26.7 Å². The predicted molar refractivity (Wildman–Crippen MR) is 73.5 cm³/mol. The highest BCUT2D eigenvalue weighted by Crippen LogP contribution is 2.23. The number of hydrogen-bond donors (Lipinski definition) is 1. The fourth-order valence-corrected chi connectivity index (χ4v) is 2.53. The van der Waals surface area contributed by atoms with E-state index in [1.165, 1.54) is 45.2 Å². The topological polar surface area (TPSA) is 24.5 Å². The largest absolute Gasteiger partial charge is 0.377 e. The third-order valence-electron chi connectivity index (χ3n) is 3.79. The number of unbranched alkanes of at least 4 members (excludes halogenated alkanes) is 2. The summed E-state index contributed by atoms with van der Waals surface area (Å²) in [6, 6.07) is 0. The van der Waals surface area contributed by atoms with Crippen LogP contribution in [0.25, 0.3) is 0 Å². The van der Waals surface area contributed by atoms with Crippen LogP contribution >= 0.6 is 0 Å². The molecule has 1 aliphatic rings. The van der Waals surface area contributed by atoms with Crippen LogP contribution in [0.2, 0.25) is 0 Å². The van der Waals surface area contributed by atoms with E-state index in [4.69, 9.17) is 4.74 Å². The minimum Gasteiger partial charge on any atom is -0.377 e. The highest BCUT2D eigenvalue weighted by Gasteiger charge is 2.30. The van der Waals surface area contributed by atoms with Crippen LogP contribution in [0.5, 0.6) is 0 Å². The molecule has 1 heterocycles. The smallest absolute Gasteiger partial charge is 0.0777 e. The van der Waals surface area contributed by atoms with E-state index in [2.05, 4.69) is 24.1 Å². The Morgan fingerprint density at radius 1 is 1.29 bits per heavy atom. The Balaban J connectivity index is 2.06. The lowest BCUT2D eigenvalue weighted by atomic mass is 9.95. The van der Waals surface area contributed by atoms with Gasteiger partial charge in [0.1, 0.15) is 0 Å². The molecule has 0 amide bonds. The molecule has 0 radical (unpaired) electrons. The van der Waals surface area contributed by atoms with Gasteiger partial charge in [-0.25, -0.2) is 0 Å². The first kappa shape index (κ1) is 14.9. The summed E-state index contributed by atoms with van der Waals surface area (Å²) in [6.45, 7) is 10.2. The van der Waals surface area contributed by atoms with Crippen LogP contribution in [0.15, 0.2) is 0 Å². The van der Waals surface area contributed by atoms with E-state index in [0.29, 0.717) is 0 Å². The zero-order chi connectivity index (χ0) is 12.6. The lowest BCUT2D eigenvalue weighted by molar-refractivity contribution is -0.0502.